The van der Waals surface area contributed by atoms with Crippen molar-refractivity contribution in [1.29, 1.82) is 0 Å². The molecule has 2 amide bonds. The average molecular weight is 422 g/mol. The first kappa shape index (κ1) is 20.3. The number of H-pyrrole nitrogens is 1. The Hall–Kier alpha value is -2.60. The summed E-state index contributed by atoms with van der Waals surface area (Å²) in [6.45, 7) is 1.44. The smallest absolute Gasteiger partial charge is 0.250 e. The quantitative estimate of drug-likeness (QED) is 0.703. The first-order chi connectivity index (χ1) is 15.1. The van der Waals surface area contributed by atoms with Crippen LogP contribution in [0.4, 0.5) is 0 Å². The number of aromatic nitrogens is 1. The van der Waals surface area contributed by atoms with Crippen LogP contribution in [0.2, 0.25) is 0 Å². The van der Waals surface area contributed by atoms with Crippen molar-refractivity contribution >= 4 is 28.3 Å². The fourth-order valence-corrected chi connectivity index (χ4v) is 5.48. The van der Waals surface area contributed by atoms with Gasteiger partial charge in [-0.15, -0.1) is 0 Å². The van der Waals surface area contributed by atoms with E-state index >= 15 is 0 Å². The standard InChI is InChI=1S/C25H31N3O3/c26-24(29)20-9-8-18(15-4-2-1-3-5-15)22-19-7-6-16(14-21(19)28-23(20)22)25(30)27-17-10-12-31-13-11-17/h4,8-9,16-17,28H,1-3,5-7,10-14H2,(H2,26,29)(H,27,30). The van der Waals surface area contributed by atoms with Crippen LogP contribution in [0.5, 0.6) is 0 Å². The van der Waals surface area contributed by atoms with Crippen molar-refractivity contribution < 1.29 is 14.3 Å². The Morgan fingerprint density at radius 3 is 2.68 bits per heavy atom. The molecular weight excluding hydrogens is 390 g/mol. The predicted molar refractivity (Wildman–Crippen MR) is 121 cm³/mol. The molecule has 3 aliphatic rings. The number of nitrogens with two attached hydrogens (primary N) is 1. The van der Waals surface area contributed by atoms with E-state index in [0.717, 1.165) is 68.3 Å². The fraction of sp³-hybridized carbons (Fsp3) is 0.520. The molecule has 1 saturated heterocycles. The Balaban J connectivity index is 1.47. The zero-order valence-corrected chi connectivity index (χ0v) is 18.0. The van der Waals surface area contributed by atoms with E-state index < -0.39 is 5.91 Å². The molecule has 1 unspecified atom stereocenters. The van der Waals surface area contributed by atoms with Crippen LogP contribution in [0.1, 0.15) is 72.1 Å². The Kier molecular flexibility index (Phi) is 5.57. The molecule has 1 atom stereocenters. The third-order valence-electron chi connectivity index (χ3n) is 7.18. The number of nitrogens with one attached hydrogen (secondary N) is 2. The molecule has 0 spiro atoms. The Morgan fingerprint density at radius 1 is 1.10 bits per heavy atom. The van der Waals surface area contributed by atoms with E-state index in [-0.39, 0.29) is 17.9 Å². The van der Waals surface area contributed by atoms with E-state index in [1.807, 2.05) is 6.07 Å². The van der Waals surface area contributed by atoms with Gasteiger partial charge in [-0.05, 0) is 80.6 Å². The van der Waals surface area contributed by atoms with E-state index in [1.54, 1.807) is 0 Å². The number of hydrogen-bond acceptors (Lipinski definition) is 3. The van der Waals surface area contributed by atoms with Crippen molar-refractivity contribution in [3.05, 3.63) is 40.6 Å². The molecule has 6 heteroatoms. The maximum Gasteiger partial charge on any atom is 0.250 e. The second kappa shape index (κ2) is 8.50. The third-order valence-corrected chi connectivity index (χ3v) is 7.18. The summed E-state index contributed by atoms with van der Waals surface area (Å²) in [6, 6.07) is 4.14. The van der Waals surface area contributed by atoms with Crippen molar-refractivity contribution in [2.75, 3.05) is 13.2 Å². The van der Waals surface area contributed by atoms with Gasteiger partial charge in [0.25, 0.3) is 5.91 Å². The molecule has 5 rings (SSSR count). The topological polar surface area (TPSA) is 97.2 Å². The van der Waals surface area contributed by atoms with E-state index in [1.165, 1.54) is 29.5 Å². The van der Waals surface area contributed by atoms with Crippen LogP contribution >= 0.6 is 0 Å². The number of aryl methyl sites for hydroxylation is 1. The molecule has 1 fully saturated rings. The Morgan fingerprint density at radius 2 is 1.94 bits per heavy atom. The second-order valence-electron chi connectivity index (χ2n) is 9.17. The van der Waals surface area contributed by atoms with E-state index in [4.69, 9.17) is 10.5 Å². The second-order valence-corrected chi connectivity index (χ2v) is 9.17. The molecule has 2 aliphatic carbocycles. The average Bonchev–Trinajstić information content (AvgIpc) is 3.18. The number of benzene rings is 1. The number of rotatable bonds is 4. The molecule has 1 aromatic heterocycles. The molecule has 31 heavy (non-hydrogen) atoms. The molecule has 6 nitrogen and oxygen atoms in total. The molecule has 4 N–H and O–H groups in total. The number of ether oxygens (including phenoxy) is 1. The van der Waals surface area contributed by atoms with E-state index in [2.05, 4.69) is 22.4 Å². The van der Waals surface area contributed by atoms with E-state index in [9.17, 15) is 9.59 Å². The van der Waals surface area contributed by atoms with Gasteiger partial charge in [0.15, 0.2) is 0 Å². The van der Waals surface area contributed by atoms with Crippen LogP contribution in [-0.2, 0) is 22.4 Å². The van der Waals surface area contributed by atoms with Gasteiger partial charge < -0.3 is 20.8 Å². The highest BCUT2D eigenvalue weighted by Crippen LogP contribution is 2.39. The number of amides is 2. The number of primary amides is 1. The monoisotopic (exact) mass is 421 g/mol. The molecule has 0 saturated carbocycles. The first-order valence-electron chi connectivity index (χ1n) is 11.7. The summed E-state index contributed by atoms with van der Waals surface area (Å²) < 4.78 is 5.40. The summed E-state index contributed by atoms with van der Waals surface area (Å²) in [4.78, 5) is 28.6. The number of aromatic amines is 1. The third kappa shape index (κ3) is 3.89. The normalized spacial score (nSPS) is 22.1. The minimum absolute atomic E-state index is 0.0437. The summed E-state index contributed by atoms with van der Waals surface area (Å²) in [7, 11) is 0. The molecular formula is C25H31N3O3. The highest BCUT2D eigenvalue weighted by molar-refractivity contribution is 6.09. The van der Waals surface area contributed by atoms with Gasteiger partial charge in [0.1, 0.15) is 0 Å². The zero-order chi connectivity index (χ0) is 21.4. The summed E-state index contributed by atoms with van der Waals surface area (Å²) in [5, 5.41) is 4.37. The molecule has 2 aromatic rings. The number of fused-ring (bicyclic) bond motifs is 3. The maximum absolute atomic E-state index is 12.9. The van der Waals surface area contributed by atoms with Crippen molar-refractivity contribution in [3.8, 4) is 0 Å². The van der Waals surface area contributed by atoms with Crippen molar-refractivity contribution in [2.45, 2.75) is 63.8 Å². The lowest BCUT2D eigenvalue weighted by Gasteiger charge is -2.27. The van der Waals surface area contributed by atoms with Crippen LogP contribution in [-0.4, -0.2) is 36.1 Å². The molecule has 0 bridgehead atoms. The van der Waals surface area contributed by atoms with Crippen LogP contribution in [0.15, 0.2) is 18.2 Å². The lowest BCUT2D eigenvalue weighted by molar-refractivity contribution is -0.126. The van der Waals surface area contributed by atoms with Gasteiger partial charge in [-0.2, -0.15) is 0 Å². The van der Waals surface area contributed by atoms with Gasteiger partial charge in [-0.25, -0.2) is 0 Å². The lowest BCUT2D eigenvalue weighted by Crippen LogP contribution is -2.43. The van der Waals surface area contributed by atoms with Crippen LogP contribution < -0.4 is 11.1 Å². The van der Waals surface area contributed by atoms with Crippen LogP contribution in [0, 0.1) is 5.92 Å². The fourth-order valence-electron chi connectivity index (χ4n) is 5.48. The van der Waals surface area contributed by atoms with Crippen molar-refractivity contribution in [2.24, 2.45) is 11.7 Å². The minimum Gasteiger partial charge on any atom is -0.381 e. The van der Waals surface area contributed by atoms with Gasteiger partial charge in [-0.1, -0.05) is 12.1 Å². The lowest BCUT2D eigenvalue weighted by atomic mass is 9.83. The van der Waals surface area contributed by atoms with Gasteiger partial charge in [0.2, 0.25) is 5.91 Å². The minimum atomic E-state index is -0.415. The predicted octanol–water partition coefficient (Wildman–Crippen LogP) is 3.62. The summed E-state index contributed by atoms with van der Waals surface area (Å²) >= 11 is 0. The van der Waals surface area contributed by atoms with E-state index in [0.29, 0.717) is 12.0 Å². The molecule has 164 valence electrons. The van der Waals surface area contributed by atoms with Gasteiger partial charge >= 0.3 is 0 Å². The molecule has 1 aromatic carbocycles. The van der Waals surface area contributed by atoms with Crippen LogP contribution in [0.25, 0.3) is 16.5 Å². The molecule has 2 heterocycles. The number of carbonyl (C=O) groups is 2. The van der Waals surface area contributed by atoms with Crippen molar-refractivity contribution in [1.82, 2.24) is 10.3 Å². The summed E-state index contributed by atoms with van der Waals surface area (Å²) in [5.74, 6) is -0.319. The summed E-state index contributed by atoms with van der Waals surface area (Å²) in [5.41, 5.74) is 12.0. The van der Waals surface area contributed by atoms with Gasteiger partial charge in [0, 0.05) is 36.3 Å². The molecule has 0 radical (unpaired) electrons. The maximum atomic E-state index is 12.9. The Labute approximate surface area is 182 Å². The number of hydrogen-bond donors (Lipinski definition) is 3. The first-order valence-corrected chi connectivity index (χ1v) is 11.7. The molecule has 1 aliphatic heterocycles. The summed E-state index contributed by atoms with van der Waals surface area (Å²) in [6.07, 6.45) is 11.1. The highest BCUT2D eigenvalue weighted by atomic mass is 16.5. The SMILES string of the molecule is NC(=O)c1ccc(C2=CCCCC2)c2c3c([nH]c12)CC(C(=O)NC1CCOCC1)CC3. The van der Waals surface area contributed by atoms with Crippen LogP contribution in [0.3, 0.4) is 0 Å². The van der Waals surface area contributed by atoms with Gasteiger partial charge in [0.05, 0.1) is 11.1 Å². The number of carbonyl (C=O) groups excluding carboxylic acids is 2. The number of allylic oxidation sites excluding steroid dienone is 2. The van der Waals surface area contributed by atoms with Crippen molar-refractivity contribution in [3.63, 3.8) is 0 Å². The highest BCUT2D eigenvalue weighted by Gasteiger charge is 2.31. The van der Waals surface area contributed by atoms with Gasteiger partial charge in [-0.3, -0.25) is 9.59 Å². The largest absolute Gasteiger partial charge is 0.381 e. The zero-order valence-electron chi connectivity index (χ0n) is 18.0. The Bertz CT molecular complexity index is 1050.